The van der Waals surface area contributed by atoms with Gasteiger partial charge in [0.1, 0.15) is 5.78 Å². The molecule has 0 aromatic carbocycles. The molecule has 0 saturated heterocycles. The number of ketones is 1. The van der Waals surface area contributed by atoms with Gasteiger partial charge in [-0.25, -0.2) is 0 Å². The summed E-state index contributed by atoms with van der Waals surface area (Å²) in [5.41, 5.74) is 4.88. The van der Waals surface area contributed by atoms with Crippen LogP contribution in [0, 0.1) is 5.41 Å². The predicted octanol–water partition coefficient (Wildman–Crippen LogP) is 1.02. The maximum atomic E-state index is 9.44. The number of carbonyl (C=O) groups is 2. The summed E-state index contributed by atoms with van der Waals surface area (Å²) in [5, 5.41) is 13.9. The monoisotopic (exact) mass is 190 g/mol. The van der Waals surface area contributed by atoms with Gasteiger partial charge in [-0.2, -0.15) is 0 Å². The molecule has 0 heterocycles. The second-order valence-electron chi connectivity index (χ2n) is 2.31. The van der Waals surface area contributed by atoms with Gasteiger partial charge in [-0.3, -0.25) is 10.2 Å². The molecule has 0 aromatic heterocycles. The van der Waals surface area contributed by atoms with E-state index in [9.17, 15) is 4.79 Å². The third-order valence-electron chi connectivity index (χ3n) is 0.381. The smallest absolute Gasteiger partial charge is 0.300 e. The van der Waals surface area contributed by atoms with E-state index in [2.05, 4.69) is 0 Å². The van der Waals surface area contributed by atoms with Crippen LogP contribution in [0.15, 0.2) is 0 Å². The molecule has 0 rings (SSSR count). The van der Waals surface area contributed by atoms with E-state index in [4.69, 9.17) is 21.0 Å². The number of carbonyl (C=O) groups excluding carboxylic acids is 1. The Bertz CT molecular complexity index is 147. The quantitative estimate of drug-likeness (QED) is 0.424. The topological polar surface area (TPSA) is 104 Å². The van der Waals surface area contributed by atoms with Crippen molar-refractivity contribution in [3.8, 4) is 0 Å². The van der Waals surface area contributed by atoms with Crippen molar-refractivity contribution in [3.05, 3.63) is 0 Å². The molecule has 0 aliphatic carbocycles. The lowest BCUT2D eigenvalue weighted by Gasteiger charge is -1.79. The Hall–Kier alpha value is -1.39. The zero-order valence-corrected chi connectivity index (χ0v) is 8.55. The highest BCUT2D eigenvalue weighted by molar-refractivity contribution is 5.76. The molecule has 13 heavy (non-hydrogen) atoms. The molecule has 0 unspecified atom stereocenters. The van der Waals surface area contributed by atoms with Gasteiger partial charge >= 0.3 is 0 Å². The summed E-state index contributed by atoms with van der Waals surface area (Å²) < 4.78 is 0. The van der Waals surface area contributed by atoms with E-state index in [1.807, 2.05) is 6.92 Å². The van der Waals surface area contributed by atoms with Gasteiger partial charge in [0.15, 0.2) is 0 Å². The Morgan fingerprint density at radius 2 is 1.38 bits per heavy atom. The van der Waals surface area contributed by atoms with Gasteiger partial charge in [0.25, 0.3) is 5.97 Å². The van der Waals surface area contributed by atoms with Crippen LogP contribution < -0.4 is 5.73 Å². The summed E-state index contributed by atoms with van der Waals surface area (Å²) in [7, 11) is 0. The molecular weight excluding hydrogens is 172 g/mol. The Morgan fingerprint density at radius 3 is 1.38 bits per heavy atom. The van der Waals surface area contributed by atoms with E-state index < -0.39 is 5.97 Å². The van der Waals surface area contributed by atoms with Gasteiger partial charge < -0.3 is 15.6 Å². The fourth-order valence-electron chi connectivity index (χ4n) is 0. The molecule has 0 aromatic rings. The maximum absolute atomic E-state index is 9.44. The van der Waals surface area contributed by atoms with E-state index in [1.54, 1.807) is 0 Å². The fourth-order valence-corrected chi connectivity index (χ4v) is 0. The van der Waals surface area contributed by atoms with Crippen molar-refractivity contribution in [1.82, 2.24) is 0 Å². The zero-order chi connectivity index (χ0) is 11.4. The highest BCUT2D eigenvalue weighted by Gasteiger charge is 1.70. The van der Waals surface area contributed by atoms with Crippen molar-refractivity contribution in [2.75, 3.05) is 0 Å². The van der Waals surface area contributed by atoms with Crippen LogP contribution >= 0.6 is 0 Å². The number of nitrogens with one attached hydrogen (secondary N) is 1. The van der Waals surface area contributed by atoms with Crippen LogP contribution in [0.25, 0.3) is 0 Å². The average Bonchev–Trinajstić information content (AvgIpc) is 1.84. The molecule has 78 valence electrons. The molecule has 0 spiro atoms. The van der Waals surface area contributed by atoms with Crippen LogP contribution in [-0.4, -0.2) is 22.7 Å². The third kappa shape index (κ3) is 2110. The molecule has 0 bridgehead atoms. The standard InChI is InChI=1S/C3H8N2.C3H6O.C2H4O2/c1-2-3(4)5;1-3(2)4;1-2(3)4/h2H2,1H3,(H3,4,5);1-2H3;1H3,(H,3,4). The molecule has 5 nitrogen and oxygen atoms in total. The minimum absolute atomic E-state index is 0.167. The van der Waals surface area contributed by atoms with Crippen LogP contribution in [0.1, 0.15) is 34.1 Å². The summed E-state index contributed by atoms with van der Waals surface area (Å²) in [4.78, 5) is 18.4. The first-order valence-corrected chi connectivity index (χ1v) is 3.73. The van der Waals surface area contributed by atoms with Crippen molar-refractivity contribution in [2.24, 2.45) is 5.73 Å². The Balaban J connectivity index is -0.000000117. The number of carboxylic acid groups (broad SMARTS) is 1. The van der Waals surface area contributed by atoms with Crippen molar-refractivity contribution >= 4 is 17.6 Å². The number of nitrogens with two attached hydrogens (primary N) is 1. The zero-order valence-electron chi connectivity index (χ0n) is 8.55. The van der Waals surface area contributed by atoms with E-state index in [1.165, 1.54) is 13.8 Å². The largest absolute Gasteiger partial charge is 0.481 e. The van der Waals surface area contributed by atoms with E-state index in [0.717, 1.165) is 6.92 Å². The summed E-state index contributed by atoms with van der Waals surface area (Å²) in [6.45, 7) is 5.99. The van der Waals surface area contributed by atoms with Crippen LogP contribution in [0.3, 0.4) is 0 Å². The summed E-state index contributed by atoms with van der Waals surface area (Å²) >= 11 is 0. The number of rotatable bonds is 1. The lowest BCUT2D eigenvalue weighted by atomic mass is 10.5. The van der Waals surface area contributed by atoms with Crippen LogP contribution in [-0.2, 0) is 9.59 Å². The first-order valence-electron chi connectivity index (χ1n) is 3.73. The molecule has 0 radical (unpaired) electrons. The van der Waals surface area contributed by atoms with Gasteiger partial charge in [0.2, 0.25) is 0 Å². The van der Waals surface area contributed by atoms with E-state index >= 15 is 0 Å². The number of hydrogen-bond acceptors (Lipinski definition) is 3. The summed E-state index contributed by atoms with van der Waals surface area (Å²) in [5.74, 6) is -0.412. The second-order valence-corrected chi connectivity index (χ2v) is 2.31. The van der Waals surface area contributed by atoms with Gasteiger partial charge in [0, 0.05) is 13.3 Å². The lowest BCUT2D eigenvalue weighted by molar-refractivity contribution is -0.134. The molecule has 0 aliphatic rings. The molecular formula is C8H18N2O3. The van der Waals surface area contributed by atoms with Crippen LogP contribution in [0.4, 0.5) is 0 Å². The number of carboxylic acids is 1. The SMILES string of the molecule is CC(=O)O.CC(C)=O.CCC(=N)N. The maximum Gasteiger partial charge on any atom is 0.300 e. The number of hydrogen-bond donors (Lipinski definition) is 3. The summed E-state index contributed by atoms with van der Waals surface area (Å²) in [6, 6.07) is 0. The average molecular weight is 190 g/mol. The molecule has 0 fully saturated rings. The van der Waals surface area contributed by atoms with Crippen molar-refractivity contribution < 1.29 is 14.7 Å². The van der Waals surface area contributed by atoms with Crippen LogP contribution in [0.5, 0.6) is 0 Å². The highest BCUT2D eigenvalue weighted by atomic mass is 16.4. The third-order valence-corrected chi connectivity index (χ3v) is 0.381. The van der Waals surface area contributed by atoms with E-state index in [-0.39, 0.29) is 11.6 Å². The van der Waals surface area contributed by atoms with E-state index in [0.29, 0.717) is 6.42 Å². The molecule has 4 N–H and O–H groups in total. The number of amidine groups is 1. The normalized spacial score (nSPS) is 6.77. The number of aliphatic carboxylic acids is 1. The van der Waals surface area contributed by atoms with Gasteiger partial charge in [-0.15, -0.1) is 0 Å². The van der Waals surface area contributed by atoms with Gasteiger partial charge in [-0.1, -0.05) is 6.92 Å². The van der Waals surface area contributed by atoms with Gasteiger partial charge in [-0.05, 0) is 13.8 Å². The lowest BCUT2D eigenvalue weighted by Crippen LogP contribution is -2.05. The molecule has 0 atom stereocenters. The predicted molar refractivity (Wildman–Crippen MR) is 51.9 cm³/mol. The Kier molecular flexibility index (Phi) is 17.9. The molecule has 5 heteroatoms. The Morgan fingerprint density at radius 1 is 1.31 bits per heavy atom. The fraction of sp³-hybridized carbons (Fsp3) is 0.625. The first-order chi connectivity index (χ1) is 5.73. The first kappa shape index (κ1) is 17.6. The molecule has 0 saturated carbocycles. The second kappa shape index (κ2) is 13.2. The summed E-state index contributed by atoms with van der Waals surface area (Å²) in [6.07, 6.45) is 0.667. The van der Waals surface area contributed by atoms with Gasteiger partial charge in [0.05, 0.1) is 5.84 Å². The van der Waals surface area contributed by atoms with Crippen molar-refractivity contribution in [2.45, 2.75) is 34.1 Å². The Labute approximate surface area is 78.4 Å². The highest BCUT2D eigenvalue weighted by Crippen LogP contribution is 1.64. The molecule has 0 amide bonds. The molecule has 0 aliphatic heterocycles. The number of Topliss-reactive ketones (excluding diaryl/α,β-unsaturated/α-hetero) is 1. The minimum Gasteiger partial charge on any atom is -0.481 e. The van der Waals surface area contributed by atoms with Crippen molar-refractivity contribution in [1.29, 1.82) is 5.41 Å². The van der Waals surface area contributed by atoms with Crippen molar-refractivity contribution in [3.63, 3.8) is 0 Å². The van der Waals surface area contributed by atoms with Crippen LogP contribution in [0.2, 0.25) is 0 Å². The minimum atomic E-state index is -0.833.